The van der Waals surface area contributed by atoms with Gasteiger partial charge < -0.3 is 14.5 Å². The molecule has 3 nitrogen and oxygen atoms in total. The van der Waals surface area contributed by atoms with Crippen LogP contribution in [-0.4, -0.2) is 7.05 Å². The quantitative estimate of drug-likeness (QED) is 0.905. The van der Waals surface area contributed by atoms with Crippen molar-refractivity contribution in [2.24, 2.45) is 0 Å². The van der Waals surface area contributed by atoms with Gasteiger partial charge in [0, 0.05) is 22.2 Å². The van der Waals surface area contributed by atoms with Crippen LogP contribution in [0.2, 0.25) is 10.0 Å². The number of hydrogen-bond acceptors (Lipinski definition) is 3. The van der Waals surface area contributed by atoms with Crippen LogP contribution < -0.4 is 10.1 Å². The smallest absolute Gasteiger partial charge is 0.146 e. The van der Waals surface area contributed by atoms with Gasteiger partial charge in [-0.3, -0.25) is 0 Å². The molecule has 0 aliphatic rings. The van der Waals surface area contributed by atoms with E-state index >= 15 is 0 Å². The van der Waals surface area contributed by atoms with E-state index in [2.05, 4.69) is 5.32 Å². The Morgan fingerprint density at radius 1 is 1.17 bits per heavy atom. The predicted molar refractivity (Wildman–Crippen MR) is 72.3 cm³/mol. The molecule has 0 aliphatic carbocycles. The van der Waals surface area contributed by atoms with Crippen LogP contribution in [0.1, 0.15) is 11.3 Å². The van der Waals surface area contributed by atoms with Gasteiger partial charge in [0.05, 0.1) is 6.26 Å². The lowest BCUT2D eigenvalue weighted by Crippen LogP contribution is -2.03. The molecule has 0 aliphatic heterocycles. The lowest BCUT2D eigenvalue weighted by atomic mass is 10.3. The van der Waals surface area contributed by atoms with E-state index in [4.69, 9.17) is 32.4 Å². The van der Waals surface area contributed by atoms with E-state index in [0.29, 0.717) is 22.4 Å². The summed E-state index contributed by atoms with van der Waals surface area (Å²) in [6, 6.07) is 7.03. The Hall–Kier alpha value is -1.16. The molecule has 2 aromatic rings. The SMILES string of the molecule is CNCc1coc(COc2cc(Cl)cc(Cl)c2)c1. The standard InChI is InChI=1S/C13H13Cl2NO2/c1-16-6-9-2-13(17-7-9)8-18-12-4-10(14)3-11(15)5-12/h2-5,7,16H,6,8H2,1H3. The monoisotopic (exact) mass is 285 g/mol. The Balaban J connectivity index is 1.97. The van der Waals surface area contributed by atoms with Gasteiger partial charge in [-0.25, -0.2) is 0 Å². The van der Waals surface area contributed by atoms with Crippen molar-refractivity contribution in [2.45, 2.75) is 13.2 Å². The Morgan fingerprint density at radius 3 is 2.56 bits per heavy atom. The minimum atomic E-state index is 0.348. The number of furan rings is 1. The topological polar surface area (TPSA) is 34.4 Å². The molecular weight excluding hydrogens is 273 g/mol. The highest BCUT2D eigenvalue weighted by Crippen LogP contribution is 2.25. The molecule has 1 heterocycles. The molecule has 0 saturated heterocycles. The van der Waals surface area contributed by atoms with Gasteiger partial charge in [0.2, 0.25) is 0 Å². The molecule has 0 atom stereocenters. The number of hydrogen-bond donors (Lipinski definition) is 1. The molecule has 1 aromatic carbocycles. The third-order valence-corrected chi connectivity index (χ3v) is 2.74. The first-order chi connectivity index (χ1) is 8.67. The second-order valence-corrected chi connectivity index (χ2v) is 4.72. The number of ether oxygens (including phenoxy) is 1. The molecule has 0 saturated carbocycles. The fraction of sp³-hybridized carbons (Fsp3) is 0.231. The molecule has 5 heteroatoms. The molecule has 2 rings (SSSR count). The largest absolute Gasteiger partial charge is 0.486 e. The molecule has 18 heavy (non-hydrogen) atoms. The first-order valence-electron chi connectivity index (χ1n) is 5.47. The maximum Gasteiger partial charge on any atom is 0.146 e. The maximum atomic E-state index is 5.88. The average molecular weight is 286 g/mol. The third-order valence-electron chi connectivity index (χ3n) is 2.31. The molecule has 0 unspecified atom stereocenters. The van der Waals surface area contributed by atoms with Crippen LogP contribution in [0.15, 0.2) is 34.9 Å². The molecule has 1 N–H and O–H groups in total. The Kier molecular flexibility index (Phi) is 4.53. The molecule has 96 valence electrons. The summed E-state index contributed by atoms with van der Waals surface area (Å²) >= 11 is 11.8. The first-order valence-corrected chi connectivity index (χ1v) is 6.23. The Labute approximate surface area is 116 Å². The van der Waals surface area contributed by atoms with Gasteiger partial charge in [0.15, 0.2) is 0 Å². The van der Waals surface area contributed by atoms with Crippen molar-refractivity contribution in [3.05, 3.63) is 51.9 Å². The van der Waals surface area contributed by atoms with Gasteiger partial charge in [0.1, 0.15) is 18.1 Å². The number of halogens is 2. The fourth-order valence-corrected chi connectivity index (χ4v) is 2.07. The van der Waals surface area contributed by atoms with Crippen LogP contribution in [0, 0.1) is 0 Å². The summed E-state index contributed by atoms with van der Waals surface area (Å²) in [5.74, 6) is 1.38. The van der Waals surface area contributed by atoms with E-state index in [1.165, 1.54) is 0 Å². The summed E-state index contributed by atoms with van der Waals surface area (Å²) in [4.78, 5) is 0. The molecule has 0 spiro atoms. The second-order valence-electron chi connectivity index (χ2n) is 3.85. The van der Waals surface area contributed by atoms with E-state index in [-0.39, 0.29) is 0 Å². The van der Waals surface area contributed by atoms with E-state index in [0.717, 1.165) is 17.9 Å². The molecule has 0 fully saturated rings. The molecule has 0 amide bonds. The number of nitrogens with one attached hydrogen (secondary N) is 1. The minimum Gasteiger partial charge on any atom is -0.486 e. The van der Waals surface area contributed by atoms with Crippen LogP contribution in [0.3, 0.4) is 0 Å². The van der Waals surface area contributed by atoms with Crippen LogP contribution in [0.4, 0.5) is 0 Å². The average Bonchev–Trinajstić information content (AvgIpc) is 2.74. The van der Waals surface area contributed by atoms with Crippen molar-refractivity contribution in [2.75, 3.05) is 7.05 Å². The summed E-state index contributed by atoms with van der Waals surface area (Å²) in [5.41, 5.74) is 1.08. The summed E-state index contributed by atoms with van der Waals surface area (Å²) in [6.07, 6.45) is 1.71. The van der Waals surface area contributed by atoms with Crippen molar-refractivity contribution in [3.63, 3.8) is 0 Å². The van der Waals surface area contributed by atoms with Crippen molar-refractivity contribution in [3.8, 4) is 5.75 Å². The van der Waals surface area contributed by atoms with Gasteiger partial charge in [-0.05, 0) is 31.3 Å². The summed E-state index contributed by atoms with van der Waals surface area (Å²) in [7, 11) is 1.89. The van der Waals surface area contributed by atoms with Gasteiger partial charge in [0.25, 0.3) is 0 Å². The normalized spacial score (nSPS) is 10.6. The zero-order valence-electron chi connectivity index (χ0n) is 9.87. The predicted octanol–water partition coefficient (Wildman–Crippen LogP) is 3.88. The van der Waals surface area contributed by atoms with Crippen LogP contribution >= 0.6 is 23.2 Å². The minimum absolute atomic E-state index is 0.348. The maximum absolute atomic E-state index is 5.88. The molecule has 0 radical (unpaired) electrons. The highest BCUT2D eigenvalue weighted by Gasteiger charge is 2.04. The number of benzene rings is 1. The fourth-order valence-electron chi connectivity index (χ4n) is 1.57. The van der Waals surface area contributed by atoms with E-state index < -0.39 is 0 Å². The summed E-state index contributed by atoms with van der Waals surface area (Å²) in [5, 5.41) is 4.15. The summed E-state index contributed by atoms with van der Waals surface area (Å²) in [6.45, 7) is 1.12. The Morgan fingerprint density at radius 2 is 1.89 bits per heavy atom. The van der Waals surface area contributed by atoms with Crippen molar-refractivity contribution >= 4 is 23.2 Å². The second kappa shape index (κ2) is 6.14. The summed E-state index contributed by atoms with van der Waals surface area (Å²) < 4.78 is 10.9. The lowest BCUT2D eigenvalue weighted by Gasteiger charge is -2.05. The van der Waals surface area contributed by atoms with Gasteiger partial charge in [-0.15, -0.1) is 0 Å². The molecule has 0 bridgehead atoms. The van der Waals surface area contributed by atoms with Crippen molar-refractivity contribution in [1.82, 2.24) is 5.32 Å². The van der Waals surface area contributed by atoms with Gasteiger partial charge in [-0.1, -0.05) is 23.2 Å². The van der Waals surface area contributed by atoms with Gasteiger partial charge in [-0.2, -0.15) is 0 Å². The molecular formula is C13H13Cl2NO2. The van der Waals surface area contributed by atoms with Gasteiger partial charge >= 0.3 is 0 Å². The number of rotatable bonds is 5. The van der Waals surface area contributed by atoms with Crippen molar-refractivity contribution < 1.29 is 9.15 Å². The zero-order chi connectivity index (χ0) is 13.0. The highest BCUT2D eigenvalue weighted by atomic mass is 35.5. The van der Waals surface area contributed by atoms with Crippen molar-refractivity contribution in [1.29, 1.82) is 0 Å². The molecule has 1 aromatic heterocycles. The van der Waals surface area contributed by atoms with E-state index in [1.54, 1.807) is 24.5 Å². The lowest BCUT2D eigenvalue weighted by molar-refractivity contribution is 0.270. The van der Waals surface area contributed by atoms with Crippen LogP contribution in [-0.2, 0) is 13.2 Å². The zero-order valence-corrected chi connectivity index (χ0v) is 11.4. The Bertz CT molecular complexity index is 505. The van der Waals surface area contributed by atoms with Crippen LogP contribution in [0.5, 0.6) is 5.75 Å². The highest BCUT2D eigenvalue weighted by molar-refractivity contribution is 6.34. The first kappa shape index (κ1) is 13.3. The van der Waals surface area contributed by atoms with E-state index in [1.807, 2.05) is 13.1 Å². The van der Waals surface area contributed by atoms with E-state index in [9.17, 15) is 0 Å². The third kappa shape index (κ3) is 3.67. The van der Waals surface area contributed by atoms with Crippen LogP contribution in [0.25, 0.3) is 0 Å².